The number of pyridine rings is 1. The third-order valence-electron chi connectivity index (χ3n) is 2.66. The molecule has 0 saturated heterocycles. The van der Waals surface area contributed by atoms with Crippen molar-refractivity contribution in [3.8, 4) is 0 Å². The lowest BCUT2D eigenvalue weighted by Crippen LogP contribution is -2.06. The van der Waals surface area contributed by atoms with Crippen molar-refractivity contribution in [2.45, 2.75) is 13.0 Å². The summed E-state index contributed by atoms with van der Waals surface area (Å²) in [4.78, 5) is 3.94. The lowest BCUT2D eigenvalue weighted by atomic mass is 10.2. The molecule has 4 heteroatoms. The van der Waals surface area contributed by atoms with Crippen LogP contribution in [0.4, 0.5) is 5.69 Å². The quantitative estimate of drug-likeness (QED) is 0.782. The molecule has 0 atom stereocenters. The van der Waals surface area contributed by atoms with E-state index in [2.05, 4.69) is 22.4 Å². The fourth-order valence-corrected chi connectivity index (χ4v) is 1.87. The maximum absolute atomic E-state index is 5.99. The van der Waals surface area contributed by atoms with E-state index in [1.807, 2.05) is 24.3 Å². The van der Waals surface area contributed by atoms with Gasteiger partial charge in [-0.3, -0.25) is 4.98 Å². The summed E-state index contributed by atoms with van der Waals surface area (Å²) < 4.78 is 5.60. The van der Waals surface area contributed by atoms with Crippen molar-refractivity contribution in [2.75, 3.05) is 18.5 Å². The van der Waals surface area contributed by atoms with Gasteiger partial charge in [0, 0.05) is 25.5 Å². The monoisotopic (exact) mass is 276 g/mol. The molecule has 100 valence electrons. The zero-order valence-electron chi connectivity index (χ0n) is 10.7. The molecule has 1 aromatic heterocycles. The van der Waals surface area contributed by atoms with Crippen LogP contribution < -0.4 is 5.32 Å². The van der Waals surface area contributed by atoms with Gasteiger partial charge in [-0.15, -0.1) is 0 Å². The van der Waals surface area contributed by atoms with E-state index in [0.717, 1.165) is 25.3 Å². The number of aromatic nitrogens is 1. The van der Waals surface area contributed by atoms with Crippen LogP contribution in [0, 0.1) is 0 Å². The molecule has 0 radical (unpaired) electrons. The second-order valence-corrected chi connectivity index (χ2v) is 4.58. The van der Waals surface area contributed by atoms with Crippen molar-refractivity contribution >= 4 is 17.3 Å². The first-order chi connectivity index (χ1) is 9.36. The second kappa shape index (κ2) is 7.77. The minimum Gasteiger partial charge on any atom is -0.384 e. The molecule has 2 aromatic rings. The van der Waals surface area contributed by atoms with E-state index < -0.39 is 0 Å². The van der Waals surface area contributed by atoms with Gasteiger partial charge < -0.3 is 10.1 Å². The Kier molecular flexibility index (Phi) is 5.66. The van der Waals surface area contributed by atoms with Crippen LogP contribution in [0.1, 0.15) is 12.0 Å². The molecule has 1 aromatic carbocycles. The topological polar surface area (TPSA) is 34.2 Å². The van der Waals surface area contributed by atoms with E-state index in [-0.39, 0.29) is 0 Å². The first-order valence-corrected chi connectivity index (χ1v) is 6.69. The highest BCUT2D eigenvalue weighted by atomic mass is 35.5. The zero-order valence-corrected chi connectivity index (χ0v) is 11.4. The Labute approximate surface area is 118 Å². The van der Waals surface area contributed by atoms with Gasteiger partial charge in [-0.1, -0.05) is 41.9 Å². The standard InChI is InChI=1S/C15H17ClN2O/c16-14-11-17-9-7-15(14)18-8-4-10-19-12-13-5-2-1-3-6-13/h1-3,5-7,9,11H,4,8,10,12H2,(H,17,18). The number of halogens is 1. The van der Waals surface area contributed by atoms with Crippen molar-refractivity contribution in [1.82, 2.24) is 4.98 Å². The molecule has 0 aliphatic heterocycles. The molecule has 0 aliphatic rings. The van der Waals surface area contributed by atoms with Gasteiger partial charge in [0.1, 0.15) is 0 Å². The maximum Gasteiger partial charge on any atom is 0.0820 e. The van der Waals surface area contributed by atoms with Crippen LogP contribution in [-0.4, -0.2) is 18.1 Å². The lowest BCUT2D eigenvalue weighted by Gasteiger charge is -2.08. The van der Waals surface area contributed by atoms with Crippen molar-refractivity contribution in [3.05, 3.63) is 59.4 Å². The van der Waals surface area contributed by atoms with E-state index in [9.17, 15) is 0 Å². The third kappa shape index (κ3) is 4.89. The molecule has 0 fully saturated rings. The fourth-order valence-electron chi connectivity index (χ4n) is 1.68. The normalized spacial score (nSPS) is 10.4. The lowest BCUT2D eigenvalue weighted by molar-refractivity contribution is 0.120. The largest absolute Gasteiger partial charge is 0.384 e. The Balaban J connectivity index is 1.59. The van der Waals surface area contributed by atoms with Gasteiger partial charge >= 0.3 is 0 Å². The second-order valence-electron chi connectivity index (χ2n) is 4.17. The smallest absolute Gasteiger partial charge is 0.0820 e. The maximum atomic E-state index is 5.99. The summed E-state index contributed by atoms with van der Waals surface area (Å²) in [6, 6.07) is 12.0. The number of nitrogens with zero attached hydrogens (tertiary/aromatic N) is 1. The highest BCUT2D eigenvalue weighted by molar-refractivity contribution is 6.33. The molecule has 1 heterocycles. The molecule has 1 N–H and O–H groups in total. The van der Waals surface area contributed by atoms with Crippen molar-refractivity contribution in [1.29, 1.82) is 0 Å². The fraction of sp³-hybridized carbons (Fsp3) is 0.267. The average molecular weight is 277 g/mol. The predicted molar refractivity (Wildman–Crippen MR) is 78.5 cm³/mol. The molecular formula is C15H17ClN2O. The van der Waals surface area contributed by atoms with Crippen LogP contribution in [0.15, 0.2) is 48.8 Å². The minimum atomic E-state index is 0.646. The summed E-state index contributed by atoms with van der Waals surface area (Å²) >= 11 is 5.99. The van der Waals surface area contributed by atoms with E-state index in [1.165, 1.54) is 5.56 Å². The van der Waals surface area contributed by atoms with Gasteiger partial charge in [0.15, 0.2) is 0 Å². The van der Waals surface area contributed by atoms with Gasteiger partial charge in [0.2, 0.25) is 0 Å². The Morgan fingerprint density at radius 2 is 2.00 bits per heavy atom. The molecule has 0 unspecified atom stereocenters. The van der Waals surface area contributed by atoms with Crippen LogP contribution in [-0.2, 0) is 11.3 Å². The Morgan fingerprint density at radius 3 is 2.79 bits per heavy atom. The Hall–Kier alpha value is -1.58. The average Bonchev–Trinajstić information content (AvgIpc) is 2.45. The first-order valence-electron chi connectivity index (χ1n) is 6.31. The number of hydrogen-bond acceptors (Lipinski definition) is 3. The molecule has 0 saturated carbocycles. The van der Waals surface area contributed by atoms with E-state index in [4.69, 9.17) is 16.3 Å². The molecule has 2 rings (SSSR count). The van der Waals surface area contributed by atoms with Gasteiger partial charge in [0.25, 0.3) is 0 Å². The van der Waals surface area contributed by atoms with Crippen LogP contribution in [0.3, 0.4) is 0 Å². The summed E-state index contributed by atoms with van der Waals surface area (Å²) in [5.41, 5.74) is 2.12. The van der Waals surface area contributed by atoms with Crippen LogP contribution in [0.5, 0.6) is 0 Å². The highest BCUT2D eigenvalue weighted by Gasteiger charge is 1.98. The predicted octanol–water partition coefficient (Wildman–Crippen LogP) is 3.75. The summed E-state index contributed by atoms with van der Waals surface area (Å²) in [5.74, 6) is 0. The number of anilines is 1. The van der Waals surface area contributed by atoms with Crippen LogP contribution in [0.2, 0.25) is 5.02 Å². The van der Waals surface area contributed by atoms with Gasteiger partial charge in [-0.25, -0.2) is 0 Å². The zero-order chi connectivity index (χ0) is 13.3. The molecule has 0 aliphatic carbocycles. The van der Waals surface area contributed by atoms with Gasteiger partial charge in [-0.05, 0) is 18.1 Å². The Morgan fingerprint density at radius 1 is 1.16 bits per heavy atom. The van der Waals surface area contributed by atoms with E-state index >= 15 is 0 Å². The molecule has 0 spiro atoms. The summed E-state index contributed by atoms with van der Waals surface area (Å²) in [6.07, 6.45) is 4.29. The van der Waals surface area contributed by atoms with Crippen molar-refractivity contribution in [2.24, 2.45) is 0 Å². The summed E-state index contributed by atoms with van der Waals surface area (Å²) in [6.45, 7) is 2.22. The van der Waals surface area contributed by atoms with Crippen molar-refractivity contribution in [3.63, 3.8) is 0 Å². The molecule has 3 nitrogen and oxygen atoms in total. The van der Waals surface area contributed by atoms with E-state index in [0.29, 0.717) is 11.6 Å². The minimum absolute atomic E-state index is 0.646. The van der Waals surface area contributed by atoms with Crippen LogP contribution >= 0.6 is 11.6 Å². The number of rotatable bonds is 7. The molecule has 0 bridgehead atoms. The highest BCUT2D eigenvalue weighted by Crippen LogP contribution is 2.18. The first kappa shape index (κ1) is 13.8. The molecular weight excluding hydrogens is 260 g/mol. The van der Waals surface area contributed by atoms with Gasteiger partial charge in [-0.2, -0.15) is 0 Å². The molecule has 19 heavy (non-hydrogen) atoms. The molecule has 0 amide bonds. The van der Waals surface area contributed by atoms with E-state index in [1.54, 1.807) is 12.4 Å². The van der Waals surface area contributed by atoms with Crippen molar-refractivity contribution < 1.29 is 4.74 Å². The summed E-state index contributed by atoms with van der Waals surface area (Å²) in [7, 11) is 0. The van der Waals surface area contributed by atoms with Gasteiger partial charge in [0.05, 0.1) is 17.3 Å². The Bertz CT molecular complexity index is 491. The number of ether oxygens (including phenoxy) is 1. The number of nitrogens with one attached hydrogen (secondary N) is 1. The third-order valence-corrected chi connectivity index (χ3v) is 2.97. The summed E-state index contributed by atoms with van der Waals surface area (Å²) in [5, 5.41) is 3.91. The van der Waals surface area contributed by atoms with Crippen LogP contribution in [0.25, 0.3) is 0 Å². The SMILES string of the molecule is Clc1cnccc1NCCCOCc1ccccc1. The number of hydrogen-bond donors (Lipinski definition) is 1. The number of benzene rings is 1.